The lowest BCUT2D eigenvalue weighted by Gasteiger charge is -2.34. The van der Waals surface area contributed by atoms with Crippen LogP contribution in [0, 0.1) is 0 Å². The van der Waals surface area contributed by atoms with Crippen LogP contribution in [-0.2, 0) is 4.79 Å². The number of carbonyl (C=O) groups is 1. The largest absolute Gasteiger partial charge is 0.396 e. The summed E-state index contributed by atoms with van der Waals surface area (Å²) < 4.78 is 0. The lowest BCUT2D eigenvalue weighted by atomic mass is 10.0. The van der Waals surface area contributed by atoms with Crippen LogP contribution in [-0.4, -0.2) is 48.7 Å². The van der Waals surface area contributed by atoms with Gasteiger partial charge in [-0.25, -0.2) is 0 Å². The maximum absolute atomic E-state index is 11.5. The maximum atomic E-state index is 11.5. The summed E-state index contributed by atoms with van der Waals surface area (Å²) in [6.45, 7) is 2.02. The number of likely N-dealkylation sites (N-methyl/N-ethyl adjacent to an activating group) is 1. The summed E-state index contributed by atoms with van der Waals surface area (Å²) in [5.41, 5.74) is 0. The third kappa shape index (κ3) is 2.96. The van der Waals surface area contributed by atoms with Gasteiger partial charge in [-0.3, -0.25) is 9.69 Å². The monoisotopic (exact) mass is 200 g/mol. The van der Waals surface area contributed by atoms with Crippen molar-refractivity contribution in [3.05, 3.63) is 0 Å². The molecule has 1 saturated heterocycles. The Hall–Kier alpha value is -0.610. The number of nitrogens with zero attached hydrogens (tertiary/aromatic N) is 1. The molecule has 1 rings (SSSR count). The van der Waals surface area contributed by atoms with Gasteiger partial charge in [-0.15, -0.1) is 0 Å². The Morgan fingerprint density at radius 1 is 1.57 bits per heavy atom. The van der Waals surface area contributed by atoms with Gasteiger partial charge in [0.25, 0.3) is 0 Å². The van der Waals surface area contributed by atoms with Crippen molar-refractivity contribution in [1.82, 2.24) is 10.2 Å². The lowest BCUT2D eigenvalue weighted by molar-refractivity contribution is -0.127. The summed E-state index contributed by atoms with van der Waals surface area (Å²) in [6.07, 6.45) is 4.01. The zero-order chi connectivity index (χ0) is 10.4. The van der Waals surface area contributed by atoms with Crippen molar-refractivity contribution in [2.24, 2.45) is 0 Å². The summed E-state index contributed by atoms with van der Waals surface area (Å²) >= 11 is 0. The highest BCUT2D eigenvalue weighted by Crippen LogP contribution is 2.17. The molecule has 2 N–H and O–H groups in total. The second kappa shape index (κ2) is 5.98. The van der Waals surface area contributed by atoms with Gasteiger partial charge in [-0.05, 0) is 25.8 Å². The summed E-state index contributed by atoms with van der Waals surface area (Å²) in [7, 11) is 1.68. The van der Waals surface area contributed by atoms with Gasteiger partial charge in [0.15, 0.2) is 0 Å². The van der Waals surface area contributed by atoms with E-state index >= 15 is 0 Å². The number of amides is 1. The number of carbonyl (C=O) groups excluding carboxylic acids is 1. The number of aliphatic hydroxyl groups excluding tert-OH is 1. The second-order valence-electron chi connectivity index (χ2n) is 3.74. The van der Waals surface area contributed by atoms with Crippen LogP contribution in [0.2, 0.25) is 0 Å². The fraction of sp³-hybridized carbons (Fsp3) is 0.900. The Morgan fingerprint density at radius 2 is 2.36 bits per heavy atom. The zero-order valence-corrected chi connectivity index (χ0v) is 8.83. The molecule has 1 atom stereocenters. The minimum atomic E-state index is 0.0281. The van der Waals surface area contributed by atoms with E-state index in [9.17, 15) is 4.79 Å². The fourth-order valence-electron chi connectivity index (χ4n) is 2.00. The number of nitrogens with one attached hydrogen (secondary N) is 1. The van der Waals surface area contributed by atoms with Crippen LogP contribution in [0.3, 0.4) is 0 Å². The molecule has 1 fully saturated rings. The number of rotatable bonds is 4. The number of aliphatic hydroxyl groups is 1. The quantitative estimate of drug-likeness (QED) is 0.670. The number of likely N-dealkylation sites (tertiary alicyclic amines) is 1. The standard InChI is InChI=1S/C10H20N2O2/c1-11-10(14)9-5-2-3-6-12(9)7-4-8-13/h9,13H,2-8H2,1H3,(H,11,14). The van der Waals surface area contributed by atoms with E-state index in [1.165, 1.54) is 6.42 Å². The molecule has 0 saturated carbocycles. The summed E-state index contributed by atoms with van der Waals surface area (Å²) in [6, 6.07) is 0.0281. The fourth-order valence-corrected chi connectivity index (χ4v) is 2.00. The lowest BCUT2D eigenvalue weighted by Crippen LogP contribution is -2.49. The van der Waals surface area contributed by atoms with Crippen molar-refractivity contribution < 1.29 is 9.90 Å². The van der Waals surface area contributed by atoms with Crippen molar-refractivity contribution in [2.45, 2.75) is 31.7 Å². The van der Waals surface area contributed by atoms with Gasteiger partial charge in [0, 0.05) is 20.2 Å². The van der Waals surface area contributed by atoms with Gasteiger partial charge in [0.05, 0.1) is 6.04 Å². The van der Waals surface area contributed by atoms with Gasteiger partial charge in [0.1, 0.15) is 0 Å². The molecule has 4 heteroatoms. The Labute approximate surface area is 85.3 Å². The van der Waals surface area contributed by atoms with Crippen molar-refractivity contribution in [2.75, 3.05) is 26.7 Å². The molecule has 0 aromatic carbocycles. The Kier molecular flexibility index (Phi) is 4.90. The van der Waals surface area contributed by atoms with Gasteiger partial charge < -0.3 is 10.4 Å². The first-order valence-corrected chi connectivity index (χ1v) is 5.36. The van der Waals surface area contributed by atoms with Crippen LogP contribution in [0.5, 0.6) is 0 Å². The van der Waals surface area contributed by atoms with E-state index in [1.807, 2.05) is 0 Å². The molecule has 4 nitrogen and oxygen atoms in total. The highest BCUT2D eigenvalue weighted by atomic mass is 16.3. The van der Waals surface area contributed by atoms with Crippen molar-refractivity contribution in [1.29, 1.82) is 0 Å². The Morgan fingerprint density at radius 3 is 3.00 bits per heavy atom. The molecule has 0 aliphatic carbocycles. The van der Waals surface area contributed by atoms with E-state index in [1.54, 1.807) is 7.05 Å². The van der Waals surface area contributed by atoms with Gasteiger partial charge >= 0.3 is 0 Å². The predicted octanol–water partition coefficient (Wildman–Crippen LogP) is -0.0307. The summed E-state index contributed by atoms with van der Waals surface area (Å²) in [5.74, 6) is 0.114. The third-order valence-corrected chi connectivity index (χ3v) is 2.77. The van der Waals surface area contributed by atoms with E-state index in [0.29, 0.717) is 0 Å². The molecule has 14 heavy (non-hydrogen) atoms. The van der Waals surface area contributed by atoms with Gasteiger partial charge in [-0.2, -0.15) is 0 Å². The minimum absolute atomic E-state index is 0.0281. The van der Waals surface area contributed by atoms with Gasteiger partial charge in [0.2, 0.25) is 5.91 Å². The summed E-state index contributed by atoms with van der Waals surface area (Å²) in [5, 5.41) is 11.4. The molecule has 1 aliphatic heterocycles. The maximum Gasteiger partial charge on any atom is 0.237 e. The molecular formula is C10H20N2O2. The van der Waals surface area contributed by atoms with E-state index in [2.05, 4.69) is 10.2 Å². The van der Waals surface area contributed by atoms with E-state index < -0.39 is 0 Å². The molecule has 1 unspecified atom stereocenters. The normalized spacial score (nSPS) is 23.4. The smallest absolute Gasteiger partial charge is 0.237 e. The van der Waals surface area contributed by atoms with Crippen LogP contribution in [0.15, 0.2) is 0 Å². The number of piperidine rings is 1. The third-order valence-electron chi connectivity index (χ3n) is 2.77. The predicted molar refractivity (Wildman–Crippen MR) is 55.0 cm³/mol. The first-order valence-electron chi connectivity index (χ1n) is 5.36. The topological polar surface area (TPSA) is 52.6 Å². The van der Waals surface area contributed by atoms with E-state index in [-0.39, 0.29) is 18.6 Å². The molecule has 1 aliphatic rings. The first kappa shape index (κ1) is 11.5. The highest BCUT2D eigenvalue weighted by molar-refractivity contribution is 5.81. The highest BCUT2D eigenvalue weighted by Gasteiger charge is 2.26. The second-order valence-corrected chi connectivity index (χ2v) is 3.74. The zero-order valence-electron chi connectivity index (χ0n) is 8.83. The molecule has 0 bridgehead atoms. The van der Waals surface area contributed by atoms with Crippen LogP contribution >= 0.6 is 0 Å². The molecular weight excluding hydrogens is 180 g/mol. The first-order chi connectivity index (χ1) is 6.79. The molecule has 1 amide bonds. The van der Waals surface area contributed by atoms with E-state index in [0.717, 1.165) is 32.4 Å². The van der Waals surface area contributed by atoms with Gasteiger partial charge in [-0.1, -0.05) is 6.42 Å². The minimum Gasteiger partial charge on any atom is -0.396 e. The molecule has 0 radical (unpaired) electrons. The van der Waals surface area contributed by atoms with Crippen LogP contribution in [0.1, 0.15) is 25.7 Å². The van der Waals surface area contributed by atoms with Crippen LogP contribution in [0.25, 0.3) is 0 Å². The van der Waals surface area contributed by atoms with Crippen molar-refractivity contribution in [3.63, 3.8) is 0 Å². The molecule has 1 heterocycles. The molecule has 0 aromatic heterocycles. The average molecular weight is 200 g/mol. The van der Waals surface area contributed by atoms with E-state index in [4.69, 9.17) is 5.11 Å². The number of hydrogen-bond donors (Lipinski definition) is 2. The van der Waals surface area contributed by atoms with Crippen LogP contribution in [0.4, 0.5) is 0 Å². The molecule has 82 valence electrons. The van der Waals surface area contributed by atoms with Crippen molar-refractivity contribution >= 4 is 5.91 Å². The molecule has 0 spiro atoms. The molecule has 0 aromatic rings. The Balaban J connectivity index is 2.45. The Bertz CT molecular complexity index is 185. The number of hydrogen-bond acceptors (Lipinski definition) is 3. The summed E-state index contributed by atoms with van der Waals surface area (Å²) in [4.78, 5) is 13.7. The van der Waals surface area contributed by atoms with Crippen molar-refractivity contribution in [3.8, 4) is 0 Å². The average Bonchev–Trinajstić information content (AvgIpc) is 2.25. The van der Waals surface area contributed by atoms with Crippen LogP contribution < -0.4 is 5.32 Å². The SMILES string of the molecule is CNC(=O)C1CCCCN1CCCO.